The zero-order valence-electron chi connectivity index (χ0n) is 9.86. The predicted molar refractivity (Wildman–Crippen MR) is 57.6 cm³/mol. The predicted octanol–water partition coefficient (Wildman–Crippen LogP) is 1.97. The molecule has 0 amide bonds. The van der Waals surface area contributed by atoms with Gasteiger partial charge < -0.3 is 0 Å². The van der Waals surface area contributed by atoms with Crippen LogP contribution in [-0.2, 0) is 0 Å². The molecule has 1 saturated heterocycles. The summed E-state index contributed by atoms with van der Waals surface area (Å²) >= 11 is 0. The maximum absolute atomic E-state index is 3.66. The normalized spacial score (nSPS) is 30.9. The van der Waals surface area contributed by atoms with E-state index in [1.165, 1.54) is 0 Å². The fourth-order valence-electron chi connectivity index (χ4n) is 1.67. The average Bonchev–Trinajstić information content (AvgIpc) is 2.28. The van der Waals surface area contributed by atoms with Crippen molar-refractivity contribution < 1.29 is 0 Å². The number of rotatable bonds is 0. The van der Waals surface area contributed by atoms with Gasteiger partial charge in [0.15, 0.2) is 0 Å². The van der Waals surface area contributed by atoms with E-state index in [0.717, 1.165) is 6.54 Å². The molecule has 1 aliphatic rings. The van der Waals surface area contributed by atoms with E-state index in [0.29, 0.717) is 23.0 Å². The van der Waals surface area contributed by atoms with Crippen LogP contribution in [0.5, 0.6) is 0 Å². The van der Waals surface area contributed by atoms with Crippen LogP contribution in [0.25, 0.3) is 0 Å². The summed E-state index contributed by atoms with van der Waals surface area (Å²) in [7, 11) is 0. The third kappa shape index (κ3) is 2.68. The second-order valence-electron chi connectivity index (χ2n) is 6.29. The van der Waals surface area contributed by atoms with Gasteiger partial charge in [0.2, 0.25) is 0 Å². The van der Waals surface area contributed by atoms with Crippen LogP contribution in [0, 0.1) is 10.8 Å². The minimum Gasteiger partial charge on any atom is -0.300 e. The Kier molecular flexibility index (Phi) is 2.75. The standard InChI is InChI=1S/C11H24N2/c1-10(2,3)8-7-12-9(13-8)11(4,5)6/h8-9,12-13H,7H2,1-6H3/t8-,9+/m1/s1. The quantitative estimate of drug-likeness (QED) is 0.601. The maximum Gasteiger partial charge on any atom is 0.0624 e. The Bertz CT molecular complexity index is 154. The van der Waals surface area contributed by atoms with E-state index in [1.54, 1.807) is 0 Å². The Hall–Kier alpha value is -0.0800. The van der Waals surface area contributed by atoms with Crippen molar-refractivity contribution in [3.05, 3.63) is 0 Å². The Balaban J connectivity index is 2.55. The minimum absolute atomic E-state index is 0.306. The van der Waals surface area contributed by atoms with Crippen molar-refractivity contribution >= 4 is 0 Å². The molecular formula is C11H24N2. The number of hydrogen-bond donors (Lipinski definition) is 2. The highest BCUT2D eigenvalue weighted by atomic mass is 15.2. The highest BCUT2D eigenvalue weighted by Crippen LogP contribution is 2.26. The van der Waals surface area contributed by atoms with Crippen LogP contribution in [0.1, 0.15) is 41.5 Å². The molecule has 0 aromatic rings. The van der Waals surface area contributed by atoms with Gasteiger partial charge in [-0.1, -0.05) is 41.5 Å². The SMILES string of the molecule is CC(C)(C)[C@H]1NC[C@H](C(C)(C)C)N1. The molecule has 0 aromatic carbocycles. The van der Waals surface area contributed by atoms with Crippen molar-refractivity contribution in [2.24, 2.45) is 10.8 Å². The van der Waals surface area contributed by atoms with E-state index in [1.807, 2.05) is 0 Å². The van der Waals surface area contributed by atoms with Gasteiger partial charge in [-0.25, -0.2) is 0 Å². The van der Waals surface area contributed by atoms with Crippen molar-refractivity contribution in [2.45, 2.75) is 53.8 Å². The second kappa shape index (κ2) is 3.25. The lowest BCUT2D eigenvalue weighted by Gasteiger charge is -2.31. The molecule has 0 spiro atoms. The van der Waals surface area contributed by atoms with E-state index >= 15 is 0 Å². The van der Waals surface area contributed by atoms with Gasteiger partial charge in [0.05, 0.1) is 6.17 Å². The summed E-state index contributed by atoms with van der Waals surface area (Å²) in [6.45, 7) is 14.8. The summed E-state index contributed by atoms with van der Waals surface area (Å²) in [4.78, 5) is 0. The van der Waals surface area contributed by atoms with Gasteiger partial charge in [-0.05, 0) is 10.8 Å². The molecule has 78 valence electrons. The first-order valence-electron chi connectivity index (χ1n) is 5.21. The van der Waals surface area contributed by atoms with Gasteiger partial charge in [0, 0.05) is 12.6 Å². The van der Waals surface area contributed by atoms with Gasteiger partial charge >= 0.3 is 0 Å². The zero-order valence-corrected chi connectivity index (χ0v) is 9.86. The van der Waals surface area contributed by atoms with E-state index in [-0.39, 0.29) is 0 Å². The summed E-state index contributed by atoms with van der Waals surface area (Å²) in [6, 6.07) is 0.594. The molecule has 2 heteroatoms. The van der Waals surface area contributed by atoms with Gasteiger partial charge in [0.1, 0.15) is 0 Å². The highest BCUT2D eigenvalue weighted by Gasteiger charge is 2.36. The van der Waals surface area contributed by atoms with Crippen LogP contribution < -0.4 is 10.6 Å². The van der Waals surface area contributed by atoms with E-state index in [2.05, 4.69) is 52.2 Å². The third-order valence-electron chi connectivity index (χ3n) is 2.81. The first-order chi connectivity index (χ1) is 5.71. The molecule has 2 nitrogen and oxygen atoms in total. The molecule has 2 atom stereocenters. The first-order valence-corrected chi connectivity index (χ1v) is 5.21. The molecule has 2 N–H and O–H groups in total. The molecule has 0 saturated carbocycles. The van der Waals surface area contributed by atoms with Crippen LogP contribution in [-0.4, -0.2) is 18.8 Å². The molecule has 1 fully saturated rings. The second-order valence-corrected chi connectivity index (χ2v) is 6.29. The zero-order chi connectivity index (χ0) is 10.3. The molecule has 0 unspecified atom stereocenters. The van der Waals surface area contributed by atoms with Crippen LogP contribution in [0.3, 0.4) is 0 Å². The minimum atomic E-state index is 0.306. The van der Waals surface area contributed by atoms with Crippen molar-refractivity contribution in [3.8, 4) is 0 Å². The molecule has 0 bridgehead atoms. The summed E-state index contributed by atoms with van der Waals surface area (Å²) < 4.78 is 0. The summed E-state index contributed by atoms with van der Waals surface area (Å²) in [5.41, 5.74) is 0.660. The molecule has 1 heterocycles. The van der Waals surface area contributed by atoms with Crippen LogP contribution in [0.2, 0.25) is 0 Å². The lowest BCUT2D eigenvalue weighted by Crippen LogP contribution is -2.46. The Labute approximate surface area is 82.5 Å². The molecule has 13 heavy (non-hydrogen) atoms. The fourth-order valence-corrected chi connectivity index (χ4v) is 1.67. The molecule has 0 aromatic heterocycles. The van der Waals surface area contributed by atoms with Crippen molar-refractivity contribution in [1.29, 1.82) is 0 Å². The van der Waals surface area contributed by atoms with Crippen molar-refractivity contribution in [1.82, 2.24) is 10.6 Å². The van der Waals surface area contributed by atoms with E-state index < -0.39 is 0 Å². The Morgan fingerprint density at radius 1 is 0.923 bits per heavy atom. The molecule has 0 aliphatic carbocycles. The molecule has 1 rings (SSSR count). The van der Waals surface area contributed by atoms with Crippen molar-refractivity contribution in [2.75, 3.05) is 6.54 Å². The van der Waals surface area contributed by atoms with Gasteiger partial charge in [-0.15, -0.1) is 0 Å². The Morgan fingerprint density at radius 2 is 1.46 bits per heavy atom. The number of nitrogens with one attached hydrogen (secondary N) is 2. The molecular weight excluding hydrogens is 160 g/mol. The fraction of sp³-hybridized carbons (Fsp3) is 1.00. The topological polar surface area (TPSA) is 24.1 Å². The monoisotopic (exact) mass is 184 g/mol. The van der Waals surface area contributed by atoms with E-state index in [9.17, 15) is 0 Å². The number of hydrogen-bond acceptors (Lipinski definition) is 2. The molecule has 0 radical (unpaired) electrons. The summed E-state index contributed by atoms with van der Waals surface area (Å²) in [6.07, 6.45) is 0.455. The van der Waals surface area contributed by atoms with Crippen LogP contribution in [0.4, 0.5) is 0 Å². The first kappa shape index (κ1) is 11.0. The van der Waals surface area contributed by atoms with Gasteiger partial charge in [-0.3, -0.25) is 10.6 Å². The lowest BCUT2D eigenvalue weighted by atomic mass is 9.87. The third-order valence-corrected chi connectivity index (χ3v) is 2.81. The maximum atomic E-state index is 3.66. The van der Waals surface area contributed by atoms with Crippen LogP contribution >= 0.6 is 0 Å². The molecule has 1 aliphatic heterocycles. The smallest absolute Gasteiger partial charge is 0.0624 e. The summed E-state index contributed by atoms with van der Waals surface area (Å²) in [5.74, 6) is 0. The van der Waals surface area contributed by atoms with Crippen LogP contribution in [0.15, 0.2) is 0 Å². The Morgan fingerprint density at radius 3 is 1.69 bits per heavy atom. The lowest BCUT2D eigenvalue weighted by molar-refractivity contribution is 0.235. The largest absolute Gasteiger partial charge is 0.300 e. The average molecular weight is 184 g/mol. The van der Waals surface area contributed by atoms with Gasteiger partial charge in [0.25, 0.3) is 0 Å². The van der Waals surface area contributed by atoms with Crippen molar-refractivity contribution in [3.63, 3.8) is 0 Å². The highest BCUT2D eigenvalue weighted by molar-refractivity contribution is 4.94. The van der Waals surface area contributed by atoms with E-state index in [4.69, 9.17) is 0 Å². The summed E-state index contributed by atoms with van der Waals surface area (Å²) in [5, 5.41) is 7.20. The van der Waals surface area contributed by atoms with Gasteiger partial charge in [-0.2, -0.15) is 0 Å².